The largest absolute Gasteiger partial charge is 0.313 e. The molecule has 1 aliphatic carbocycles. The number of rotatable bonds is 8. The Labute approximate surface area is 128 Å². The fraction of sp³-hybridized carbons (Fsp3) is 0.667. The lowest BCUT2D eigenvalue weighted by Gasteiger charge is -2.27. The van der Waals surface area contributed by atoms with Gasteiger partial charge in [-0.3, -0.25) is 4.90 Å². The second-order valence-electron chi connectivity index (χ2n) is 6.10. The molecule has 2 nitrogen and oxygen atoms in total. The molecule has 0 amide bonds. The van der Waals surface area contributed by atoms with Crippen molar-refractivity contribution in [2.75, 3.05) is 13.1 Å². The van der Waals surface area contributed by atoms with Gasteiger partial charge in [-0.25, -0.2) is 4.39 Å². The van der Waals surface area contributed by atoms with Crippen molar-refractivity contribution < 1.29 is 4.39 Å². The van der Waals surface area contributed by atoms with Gasteiger partial charge >= 0.3 is 0 Å². The van der Waals surface area contributed by atoms with E-state index in [1.807, 2.05) is 12.1 Å². The molecule has 1 aromatic rings. The molecule has 1 aromatic carbocycles. The van der Waals surface area contributed by atoms with Crippen LogP contribution < -0.4 is 5.32 Å². The molecule has 1 aliphatic rings. The Hall–Kier alpha value is -0.930. The minimum atomic E-state index is -0.0642. The Balaban J connectivity index is 2.01. The Morgan fingerprint density at radius 1 is 1.24 bits per heavy atom. The minimum Gasteiger partial charge on any atom is -0.313 e. The first-order valence-corrected chi connectivity index (χ1v) is 8.46. The third-order valence-corrected chi connectivity index (χ3v) is 4.49. The summed E-state index contributed by atoms with van der Waals surface area (Å²) in [5.74, 6) is -0.0642. The number of hydrogen-bond acceptors (Lipinski definition) is 2. The van der Waals surface area contributed by atoms with Crippen molar-refractivity contribution >= 4 is 0 Å². The van der Waals surface area contributed by atoms with Gasteiger partial charge in [0.15, 0.2) is 0 Å². The molecule has 118 valence electrons. The van der Waals surface area contributed by atoms with Crippen LogP contribution >= 0.6 is 0 Å². The standard InChI is InChI=1S/C18H29FN2/c1-3-11-20-13-15-9-10-18(19)16(12-15)14-21(4-2)17-7-5-6-8-17/h9-10,12,17,20H,3-8,11,13-14H2,1-2H3. The summed E-state index contributed by atoms with van der Waals surface area (Å²) in [5.41, 5.74) is 2.03. The summed E-state index contributed by atoms with van der Waals surface area (Å²) < 4.78 is 14.1. The summed E-state index contributed by atoms with van der Waals surface area (Å²) in [4.78, 5) is 2.44. The molecule has 3 heteroatoms. The molecule has 1 fully saturated rings. The van der Waals surface area contributed by atoms with Gasteiger partial charge in [0.25, 0.3) is 0 Å². The van der Waals surface area contributed by atoms with Crippen LogP contribution in [0.4, 0.5) is 4.39 Å². The van der Waals surface area contributed by atoms with Crippen LogP contribution in [0.2, 0.25) is 0 Å². The zero-order valence-corrected chi connectivity index (χ0v) is 13.5. The molecular weight excluding hydrogens is 263 g/mol. The van der Waals surface area contributed by atoms with Crippen LogP contribution in [0.1, 0.15) is 57.1 Å². The zero-order valence-electron chi connectivity index (χ0n) is 13.5. The second-order valence-corrected chi connectivity index (χ2v) is 6.10. The van der Waals surface area contributed by atoms with E-state index in [1.54, 1.807) is 6.07 Å². The lowest BCUT2D eigenvalue weighted by molar-refractivity contribution is 0.198. The van der Waals surface area contributed by atoms with Crippen LogP contribution in [-0.2, 0) is 13.1 Å². The maximum atomic E-state index is 14.1. The molecule has 0 bridgehead atoms. The minimum absolute atomic E-state index is 0.0642. The van der Waals surface area contributed by atoms with Crippen molar-refractivity contribution in [2.24, 2.45) is 0 Å². The van der Waals surface area contributed by atoms with Gasteiger partial charge in [0, 0.05) is 24.7 Å². The van der Waals surface area contributed by atoms with Gasteiger partial charge in [-0.2, -0.15) is 0 Å². The van der Waals surface area contributed by atoms with Crippen molar-refractivity contribution in [1.82, 2.24) is 10.2 Å². The van der Waals surface area contributed by atoms with E-state index in [4.69, 9.17) is 0 Å². The molecule has 2 rings (SSSR count). The van der Waals surface area contributed by atoms with Gasteiger partial charge < -0.3 is 5.32 Å². The van der Waals surface area contributed by atoms with Crippen LogP contribution in [-0.4, -0.2) is 24.0 Å². The second kappa shape index (κ2) is 8.50. The Morgan fingerprint density at radius 3 is 2.67 bits per heavy atom. The fourth-order valence-electron chi connectivity index (χ4n) is 3.26. The zero-order chi connectivity index (χ0) is 15.1. The van der Waals surface area contributed by atoms with E-state index in [2.05, 4.69) is 24.1 Å². The van der Waals surface area contributed by atoms with Gasteiger partial charge in [0.1, 0.15) is 5.82 Å². The molecule has 0 spiro atoms. The van der Waals surface area contributed by atoms with E-state index in [9.17, 15) is 4.39 Å². The highest BCUT2D eigenvalue weighted by atomic mass is 19.1. The van der Waals surface area contributed by atoms with Crippen molar-refractivity contribution in [3.8, 4) is 0 Å². The van der Waals surface area contributed by atoms with Crippen LogP contribution in [0.3, 0.4) is 0 Å². The van der Waals surface area contributed by atoms with Crippen molar-refractivity contribution in [3.05, 3.63) is 35.1 Å². The number of benzene rings is 1. The highest BCUT2D eigenvalue weighted by Crippen LogP contribution is 2.25. The molecule has 21 heavy (non-hydrogen) atoms. The molecule has 0 atom stereocenters. The summed E-state index contributed by atoms with van der Waals surface area (Å²) in [7, 11) is 0. The average Bonchev–Trinajstić information content (AvgIpc) is 3.02. The maximum Gasteiger partial charge on any atom is 0.127 e. The summed E-state index contributed by atoms with van der Waals surface area (Å²) in [6.45, 7) is 7.93. The summed E-state index contributed by atoms with van der Waals surface area (Å²) in [6.07, 6.45) is 6.31. The number of halogens is 1. The van der Waals surface area contributed by atoms with Crippen LogP contribution in [0.25, 0.3) is 0 Å². The van der Waals surface area contributed by atoms with Gasteiger partial charge in [-0.05, 0) is 44.0 Å². The quantitative estimate of drug-likeness (QED) is 0.726. The van der Waals surface area contributed by atoms with E-state index < -0.39 is 0 Å². The van der Waals surface area contributed by atoms with Gasteiger partial charge in [0.2, 0.25) is 0 Å². The smallest absolute Gasteiger partial charge is 0.127 e. The van der Waals surface area contributed by atoms with Gasteiger partial charge in [-0.15, -0.1) is 0 Å². The van der Waals surface area contributed by atoms with Crippen molar-refractivity contribution in [1.29, 1.82) is 0 Å². The number of hydrogen-bond donors (Lipinski definition) is 1. The van der Waals surface area contributed by atoms with Crippen molar-refractivity contribution in [3.63, 3.8) is 0 Å². The normalized spacial score (nSPS) is 16.0. The summed E-state index contributed by atoms with van der Waals surface area (Å²) >= 11 is 0. The van der Waals surface area contributed by atoms with Gasteiger partial charge in [-0.1, -0.05) is 38.8 Å². The van der Waals surface area contributed by atoms with Crippen LogP contribution in [0.5, 0.6) is 0 Å². The monoisotopic (exact) mass is 292 g/mol. The Kier molecular flexibility index (Phi) is 6.65. The van der Waals surface area contributed by atoms with Crippen molar-refractivity contribution in [2.45, 2.75) is 65.1 Å². The number of nitrogens with one attached hydrogen (secondary N) is 1. The molecule has 1 N–H and O–H groups in total. The predicted octanol–water partition coefficient (Wildman–Crippen LogP) is 4.09. The number of nitrogens with zero attached hydrogens (tertiary/aromatic N) is 1. The summed E-state index contributed by atoms with van der Waals surface area (Å²) in [6, 6.07) is 6.21. The fourth-order valence-corrected chi connectivity index (χ4v) is 3.26. The molecular formula is C18H29FN2. The molecule has 1 saturated carbocycles. The molecule has 0 aromatic heterocycles. The highest BCUT2D eigenvalue weighted by Gasteiger charge is 2.22. The average molecular weight is 292 g/mol. The lowest BCUT2D eigenvalue weighted by atomic mass is 10.1. The Morgan fingerprint density at radius 2 is 2.00 bits per heavy atom. The SMILES string of the molecule is CCCNCc1ccc(F)c(CN(CC)C2CCCC2)c1. The van der Waals surface area contributed by atoms with E-state index >= 15 is 0 Å². The van der Waals surface area contributed by atoms with E-state index in [-0.39, 0.29) is 5.82 Å². The first kappa shape index (κ1) is 16.4. The summed E-state index contributed by atoms with van der Waals surface area (Å²) in [5, 5.41) is 3.38. The van der Waals surface area contributed by atoms with Crippen LogP contribution in [0, 0.1) is 5.82 Å². The third kappa shape index (κ3) is 4.79. The molecule has 0 radical (unpaired) electrons. The molecule has 0 saturated heterocycles. The first-order valence-electron chi connectivity index (χ1n) is 8.46. The third-order valence-electron chi connectivity index (χ3n) is 4.49. The van der Waals surface area contributed by atoms with E-state index in [1.165, 1.54) is 31.2 Å². The highest BCUT2D eigenvalue weighted by molar-refractivity contribution is 5.25. The topological polar surface area (TPSA) is 15.3 Å². The lowest BCUT2D eigenvalue weighted by Crippen LogP contribution is -2.32. The van der Waals surface area contributed by atoms with Crippen LogP contribution in [0.15, 0.2) is 18.2 Å². The molecule has 0 aliphatic heterocycles. The molecule has 0 unspecified atom stereocenters. The van der Waals surface area contributed by atoms with Gasteiger partial charge in [0.05, 0.1) is 0 Å². The van der Waals surface area contributed by atoms with E-state index in [0.717, 1.165) is 38.2 Å². The first-order chi connectivity index (χ1) is 10.2. The van der Waals surface area contributed by atoms with E-state index in [0.29, 0.717) is 6.04 Å². The predicted molar refractivity (Wildman–Crippen MR) is 86.7 cm³/mol. The molecule has 0 heterocycles. The maximum absolute atomic E-state index is 14.1. The Bertz CT molecular complexity index is 427.